The van der Waals surface area contributed by atoms with E-state index in [0.717, 1.165) is 29.5 Å². The number of thioether (sulfide) groups is 1. The summed E-state index contributed by atoms with van der Waals surface area (Å²) in [7, 11) is 0. The fourth-order valence-corrected chi connectivity index (χ4v) is 5.47. The van der Waals surface area contributed by atoms with Crippen LogP contribution < -0.4 is 4.90 Å². The molecule has 7 nitrogen and oxygen atoms in total. The van der Waals surface area contributed by atoms with E-state index in [-0.39, 0.29) is 5.91 Å². The molecule has 1 fully saturated rings. The SMILES string of the molecule is O=C(CSc1nnc(-c2ccco2)n1-c1cccc2ccccc12)N1CCN(c2ccccc2)CC1. The summed E-state index contributed by atoms with van der Waals surface area (Å²) in [4.78, 5) is 17.4. The van der Waals surface area contributed by atoms with Crippen LogP contribution in [0.5, 0.6) is 0 Å². The molecule has 8 heteroatoms. The van der Waals surface area contributed by atoms with Crippen LogP contribution in [0, 0.1) is 0 Å². The lowest BCUT2D eigenvalue weighted by Crippen LogP contribution is -2.49. The van der Waals surface area contributed by atoms with Crippen molar-refractivity contribution < 1.29 is 9.21 Å². The van der Waals surface area contributed by atoms with Crippen molar-refractivity contribution in [1.82, 2.24) is 19.7 Å². The molecule has 6 rings (SSSR count). The maximum Gasteiger partial charge on any atom is 0.233 e. The summed E-state index contributed by atoms with van der Waals surface area (Å²) in [6.45, 7) is 3.08. The molecular weight excluding hydrogens is 470 g/mol. The zero-order chi connectivity index (χ0) is 24.3. The van der Waals surface area contributed by atoms with Gasteiger partial charge in [0, 0.05) is 37.3 Å². The van der Waals surface area contributed by atoms with Gasteiger partial charge in [0.2, 0.25) is 11.7 Å². The molecule has 1 amide bonds. The number of nitrogens with zero attached hydrogens (tertiary/aromatic N) is 5. The van der Waals surface area contributed by atoms with Gasteiger partial charge in [0.05, 0.1) is 17.7 Å². The largest absolute Gasteiger partial charge is 0.461 e. The predicted octanol–water partition coefficient (Wildman–Crippen LogP) is 5.12. The zero-order valence-electron chi connectivity index (χ0n) is 19.7. The number of benzene rings is 3. The Kier molecular flexibility index (Phi) is 6.17. The summed E-state index contributed by atoms with van der Waals surface area (Å²) < 4.78 is 7.65. The minimum atomic E-state index is 0.111. The maximum absolute atomic E-state index is 13.1. The number of carbonyl (C=O) groups is 1. The minimum absolute atomic E-state index is 0.111. The van der Waals surface area contributed by atoms with Gasteiger partial charge in [-0.2, -0.15) is 0 Å². The van der Waals surface area contributed by atoms with Gasteiger partial charge in [-0.3, -0.25) is 9.36 Å². The van der Waals surface area contributed by atoms with Gasteiger partial charge in [0.1, 0.15) is 0 Å². The zero-order valence-corrected chi connectivity index (χ0v) is 20.5. The number of para-hydroxylation sites is 1. The minimum Gasteiger partial charge on any atom is -0.461 e. The van der Waals surface area contributed by atoms with Gasteiger partial charge in [-0.25, -0.2) is 0 Å². The van der Waals surface area contributed by atoms with Crippen LogP contribution in [0.25, 0.3) is 28.0 Å². The van der Waals surface area contributed by atoms with Crippen LogP contribution >= 0.6 is 11.8 Å². The van der Waals surface area contributed by atoms with Gasteiger partial charge in [-0.1, -0.05) is 66.4 Å². The van der Waals surface area contributed by atoms with Crippen LogP contribution in [0.3, 0.4) is 0 Å². The number of hydrogen-bond acceptors (Lipinski definition) is 6. The molecule has 0 spiro atoms. The van der Waals surface area contributed by atoms with E-state index in [0.29, 0.717) is 35.6 Å². The lowest BCUT2D eigenvalue weighted by Gasteiger charge is -2.36. The molecular formula is C28H25N5O2S. The van der Waals surface area contributed by atoms with Crippen molar-refractivity contribution in [3.8, 4) is 17.3 Å². The molecule has 3 heterocycles. The molecule has 0 unspecified atom stereocenters. The average Bonchev–Trinajstić information content (AvgIpc) is 3.62. The van der Waals surface area contributed by atoms with Gasteiger partial charge in [-0.05, 0) is 35.7 Å². The van der Waals surface area contributed by atoms with E-state index in [1.54, 1.807) is 6.26 Å². The maximum atomic E-state index is 13.1. The number of carbonyl (C=O) groups excluding carboxylic acids is 1. The summed E-state index contributed by atoms with van der Waals surface area (Å²) in [5.74, 6) is 1.65. The number of aromatic nitrogens is 3. The van der Waals surface area contributed by atoms with Crippen molar-refractivity contribution in [1.29, 1.82) is 0 Å². The number of rotatable bonds is 6. The van der Waals surface area contributed by atoms with E-state index >= 15 is 0 Å². The van der Waals surface area contributed by atoms with Crippen LogP contribution in [-0.4, -0.2) is 57.5 Å². The van der Waals surface area contributed by atoms with Crippen molar-refractivity contribution in [2.24, 2.45) is 0 Å². The summed E-state index contributed by atoms with van der Waals surface area (Å²) in [6, 6.07) is 28.4. The fourth-order valence-electron chi connectivity index (χ4n) is 4.62. The number of amides is 1. The van der Waals surface area contributed by atoms with Crippen LogP contribution in [-0.2, 0) is 4.79 Å². The van der Waals surface area contributed by atoms with Crippen LogP contribution in [0.2, 0.25) is 0 Å². The van der Waals surface area contributed by atoms with Crippen molar-refractivity contribution in [3.05, 3.63) is 91.2 Å². The Bertz CT molecular complexity index is 1470. The van der Waals surface area contributed by atoms with E-state index in [1.165, 1.54) is 17.4 Å². The van der Waals surface area contributed by atoms with E-state index in [4.69, 9.17) is 4.42 Å². The molecule has 5 aromatic rings. The van der Waals surface area contributed by atoms with Crippen LogP contribution in [0.4, 0.5) is 5.69 Å². The molecule has 2 aromatic heterocycles. The third-order valence-electron chi connectivity index (χ3n) is 6.46. The molecule has 0 atom stereocenters. The first-order valence-electron chi connectivity index (χ1n) is 12.0. The molecule has 0 aliphatic carbocycles. The number of piperazine rings is 1. The van der Waals surface area contributed by atoms with E-state index in [1.807, 2.05) is 64.1 Å². The quantitative estimate of drug-likeness (QED) is 0.305. The molecule has 0 saturated carbocycles. The average molecular weight is 496 g/mol. The first kappa shape index (κ1) is 22.4. The summed E-state index contributed by atoms with van der Waals surface area (Å²) >= 11 is 1.41. The first-order valence-corrected chi connectivity index (χ1v) is 12.9. The third kappa shape index (κ3) is 4.35. The van der Waals surface area contributed by atoms with Crippen LogP contribution in [0.1, 0.15) is 0 Å². The Morgan fingerprint density at radius 1 is 0.833 bits per heavy atom. The van der Waals surface area contributed by atoms with Crippen molar-refractivity contribution in [2.75, 3.05) is 36.8 Å². The number of furan rings is 1. The van der Waals surface area contributed by atoms with Crippen molar-refractivity contribution in [3.63, 3.8) is 0 Å². The van der Waals surface area contributed by atoms with E-state index < -0.39 is 0 Å². The molecule has 0 N–H and O–H groups in total. The second kappa shape index (κ2) is 9.91. The number of hydrogen-bond donors (Lipinski definition) is 0. The predicted molar refractivity (Wildman–Crippen MR) is 143 cm³/mol. The monoisotopic (exact) mass is 495 g/mol. The van der Waals surface area contributed by atoms with E-state index in [9.17, 15) is 4.79 Å². The molecule has 1 aliphatic rings. The summed E-state index contributed by atoms with van der Waals surface area (Å²) in [6.07, 6.45) is 1.63. The molecule has 3 aromatic carbocycles. The second-order valence-corrected chi connectivity index (χ2v) is 9.55. The highest BCUT2D eigenvalue weighted by Gasteiger charge is 2.24. The fraction of sp³-hybridized carbons (Fsp3) is 0.179. The highest BCUT2D eigenvalue weighted by Crippen LogP contribution is 2.32. The molecule has 1 saturated heterocycles. The molecule has 1 aliphatic heterocycles. The highest BCUT2D eigenvalue weighted by molar-refractivity contribution is 7.99. The van der Waals surface area contributed by atoms with Crippen LogP contribution in [0.15, 0.2) is 101 Å². The molecule has 36 heavy (non-hydrogen) atoms. The molecule has 180 valence electrons. The first-order chi connectivity index (χ1) is 17.8. The number of fused-ring (bicyclic) bond motifs is 1. The summed E-state index contributed by atoms with van der Waals surface area (Å²) in [5, 5.41) is 11.8. The van der Waals surface area contributed by atoms with Gasteiger partial charge in [-0.15, -0.1) is 10.2 Å². The Labute approximate surface area is 213 Å². The van der Waals surface area contributed by atoms with Crippen molar-refractivity contribution >= 4 is 34.1 Å². The van der Waals surface area contributed by atoms with Crippen molar-refractivity contribution in [2.45, 2.75) is 5.16 Å². The number of anilines is 1. The van der Waals surface area contributed by atoms with Gasteiger partial charge in [0.25, 0.3) is 0 Å². The Balaban J connectivity index is 1.23. The second-order valence-electron chi connectivity index (χ2n) is 8.61. The Hall–Kier alpha value is -4.04. The van der Waals surface area contributed by atoms with Gasteiger partial charge >= 0.3 is 0 Å². The molecule has 0 radical (unpaired) electrons. The standard InChI is InChI=1S/C28H25N5O2S/c34-26(32-17-15-31(16-18-32)22-10-2-1-3-11-22)20-36-28-30-29-27(25-14-7-19-35-25)33(28)24-13-6-9-21-8-4-5-12-23(21)24/h1-14,19H,15-18,20H2. The third-order valence-corrected chi connectivity index (χ3v) is 7.37. The van der Waals surface area contributed by atoms with E-state index in [2.05, 4.69) is 45.4 Å². The lowest BCUT2D eigenvalue weighted by atomic mass is 10.1. The van der Waals surface area contributed by atoms with Gasteiger partial charge in [0.15, 0.2) is 10.9 Å². The summed E-state index contributed by atoms with van der Waals surface area (Å²) in [5.41, 5.74) is 2.16. The van der Waals surface area contributed by atoms with Gasteiger partial charge < -0.3 is 14.2 Å². The lowest BCUT2D eigenvalue weighted by molar-refractivity contribution is -0.128. The Morgan fingerprint density at radius 2 is 1.61 bits per heavy atom. The normalized spacial score (nSPS) is 13.9. The molecule has 0 bridgehead atoms. The Morgan fingerprint density at radius 3 is 2.42 bits per heavy atom. The topological polar surface area (TPSA) is 67.4 Å². The highest BCUT2D eigenvalue weighted by atomic mass is 32.2. The smallest absolute Gasteiger partial charge is 0.233 e.